The molecule has 4 nitrogen and oxygen atoms in total. The van der Waals surface area contributed by atoms with Gasteiger partial charge < -0.3 is 9.84 Å². The van der Waals surface area contributed by atoms with Crippen LogP contribution in [0.1, 0.15) is 36.1 Å². The van der Waals surface area contributed by atoms with Gasteiger partial charge in [-0.05, 0) is 41.3 Å². The van der Waals surface area contributed by atoms with E-state index in [0.717, 1.165) is 22.3 Å². The Morgan fingerprint density at radius 3 is 2.89 bits per heavy atom. The molecule has 92 valence electrons. The van der Waals surface area contributed by atoms with E-state index in [2.05, 4.69) is 10.8 Å². The fourth-order valence-electron chi connectivity index (χ4n) is 2.19. The van der Waals surface area contributed by atoms with Crippen LogP contribution in [0.15, 0.2) is 23.8 Å². The van der Waals surface area contributed by atoms with Gasteiger partial charge in [-0.25, -0.2) is 0 Å². The number of esters is 1. The predicted octanol–water partition coefficient (Wildman–Crippen LogP) is 1.94. The molecule has 0 saturated heterocycles. The number of benzene rings is 1. The fourth-order valence-corrected chi connectivity index (χ4v) is 2.19. The number of hydrogen-bond donors (Lipinski definition) is 1. The Hall–Kier alpha value is -2.12. The van der Waals surface area contributed by atoms with E-state index in [1.807, 2.05) is 0 Å². The second-order valence-corrected chi connectivity index (χ2v) is 4.23. The van der Waals surface area contributed by atoms with Crippen LogP contribution in [0.5, 0.6) is 0 Å². The lowest BCUT2D eigenvalue weighted by Gasteiger charge is -2.05. The molecule has 0 heterocycles. The standard InChI is InChI=1S/C14H13NO3/c1-8-11(6-13(16)18-2)12-5-9(7-15)3-4-10(12)14(8)17/h3-5,14,17H,6H2,1-2H3. The van der Waals surface area contributed by atoms with Gasteiger partial charge in [-0.1, -0.05) is 6.07 Å². The van der Waals surface area contributed by atoms with Gasteiger partial charge in [-0.15, -0.1) is 0 Å². The zero-order valence-corrected chi connectivity index (χ0v) is 10.2. The minimum absolute atomic E-state index is 0.112. The number of carbonyl (C=O) groups is 1. The summed E-state index contributed by atoms with van der Waals surface area (Å²) in [5, 5.41) is 19.0. The van der Waals surface area contributed by atoms with Crippen molar-refractivity contribution in [3.63, 3.8) is 0 Å². The van der Waals surface area contributed by atoms with Gasteiger partial charge in [0.05, 0.1) is 25.2 Å². The van der Waals surface area contributed by atoms with Crippen LogP contribution in [0.2, 0.25) is 0 Å². The SMILES string of the molecule is COC(=O)CC1=C(C)C(O)c2ccc(C#N)cc21. The lowest BCUT2D eigenvalue weighted by atomic mass is 10.0. The van der Waals surface area contributed by atoms with Gasteiger partial charge in [0.15, 0.2) is 0 Å². The number of rotatable bonds is 2. The molecule has 18 heavy (non-hydrogen) atoms. The third kappa shape index (κ3) is 1.89. The highest BCUT2D eigenvalue weighted by atomic mass is 16.5. The van der Waals surface area contributed by atoms with E-state index in [4.69, 9.17) is 5.26 Å². The summed E-state index contributed by atoms with van der Waals surface area (Å²) in [4.78, 5) is 11.4. The van der Waals surface area contributed by atoms with Crippen LogP contribution in [0, 0.1) is 11.3 Å². The minimum atomic E-state index is -0.701. The molecule has 1 aromatic carbocycles. The number of nitrogens with zero attached hydrogens (tertiary/aromatic N) is 1. The second kappa shape index (κ2) is 4.63. The lowest BCUT2D eigenvalue weighted by Crippen LogP contribution is -2.01. The zero-order chi connectivity index (χ0) is 13.3. The van der Waals surface area contributed by atoms with Crippen molar-refractivity contribution in [2.75, 3.05) is 7.11 Å². The average molecular weight is 243 g/mol. The van der Waals surface area contributed by atoms with Crippen LogP contribution < -0.4 is 0 Å². The maximum atomic E-state index is 11.4. The quantitative estimate of drug-likeness (QED) is 0.806. The summed E-state index contributed by atoms with van der Waals surface area (Å²) in [6, 6.07) is 7.15. The van der Waals surface area contributed by atoms with Gasteiger partial charge in [0.25, 0.3) is 0 Å². The predicted molar refractivity (Wildman–Crippen MR) is 65.3 cm³/mol. The maximum Gasteiger partial charge on any atom is 0.309 e. The monoisotopic (exact) mass is 243 g/mol. The number of aliphatic hydroxyl groups is 1. The summed E-state index contributed by atoms with van der Waals surface area (Å²) in [7, 11) is 1.33. The molecule has 4 heteroatoms. The van der Waals surface area contributed by atoms with Gasteiger partial charge >= 0.3 is 5.97 Å². The fraction of sp³-hybridized carbons (Fsp3) is 0.286. The molecule has 0 bridgehead atoms. The first-order valence-electron chi connectivity index (χ1n) is 5.57. The Kier molecular flexibility index (Phi) is 3.17. The van der Waals surface area contributed by atoms with Crippen molar-refractivity contribution < 1.29 is 14.6 Å². The van der Waals surface area contributed by atoms with Crippen molar-refractivity contribution in [1.29, 1.82) is 5.26 Å². The number of fused-ring (bicyclic) bond motifs is 1. The molecule has 0 amide bonds. The van der Waals surface area contributed by atoms with E-state index in [0.29, 0.717) is 5.56 Å². The van der Waals surface area contributed by atoms with E-state index in [9.17, 15) is 9.90 Å². The van der Waals surface area contributed by atoms with Gasteiger partial charge in [-0.3, -0.25) is 4.79 Å². The maximum absolute atomic E-state index is 11.4. The van der Waals surface area contributed by atoms with Gasteiger partial charge in [0, 0.05) is 0 Å². The number of carbonyl (C=O) groups excluding carboxylic acids is 1. The van der Waals surface area contributed by atoms with Crippen molar-refractivity contribution in [2.45, 2.75) is 19.4 Å². The third-order valence-electron chi connectivity index (χ3n) is 3.24. The highest BCUT2D eigenvalue weighted by Gasteiger charge is 2.28. The summed E-state index contributed by atoms with van der Waals surface area (Å²) < 4.78 is 4.65. The topological polar surface area (TPSA) is 70.3 Å². The first-order valence-corrected chi connectivity index (χ1v) is 5.57. The molecule has 1 aromatic rings. The van der Waals surface area contributed by atoms with Crippen molar-refractivity contribution in [1.82, 2.24) is 0 Å². The van der Waals surface area contributed by atoms with Crippen molar-refractivity contribution >= 4 is 11.5 Å². The molecule has 0 radical (unpaired) electrons. The number of ether oxygens (including phenoxy) is 1. The highest BCUT2D eigenvalue weighted by molar-refractivity contribution is 5.90. The molecule has 0 fully saturated rings. The Labute approximate surface area is 105 Å². The summed E-state index contributed by atoms with van der Waals surface area (Å²) >= 11 is 0. The molecular weight excluding hydrogens is 230 g/mol. The molecule has 1 aliphatic rings. The van der Waals surface area contributed by atoms with Crippen LogP contribution in [0.25, 0.3) is 5.57 Å². The molecular formula is C14H13NO3. The van der Waals surface area contributed by atoms with E-state index in [1.165, 1.54) is 7.11 Å². The van der Waals surface area contributed by atoms with Crippen molar-refractivity contribution in [3.05, 3.63) is 40.5 Å². The Balaban J connectivity index is 2.49. The van der Waals surface area contributed by atoms with Gasteiger partial charge in [0.2, 0.25) is 0 Å². The van der Waals surface area contributed by atoms with Crippen molar-refractivity contribution in [2.24, 2.45) is 0 Å². The van der Waals surface area contributed by atoms with E-state index < -0.39 is 6.10 Å². The van der Waals surface area contributed by atoms with E-state index in [-0.39, 0.29) is 12.4 Å². The Morgan fingerprint density at radius 1 is 1.56 bits per heavy atom. The molecule has 1 aliphatic carbocycles. The number of aliphatic hydroxyl groups excluding tert-OH is 1. The largest absolute Gasteiger partial charge is 0.469 e. The molecule has 1 N–H and O–H groups in total. The minimum Gasteiger partial charge on any atom is -0.469 e. The Morgan fingerprint density at radius 2 is 2.28 bits per heavy atom. The molecule has 0 spiro atoms. The Bertz CT molecular complexity index is 581. The summed E-state index contributed by atoms with van der Waals surface area (Å²) in [6.07, 6.45) is -0.589. The van der Waals surface area contributed by atoms with Gasteiger partial charge in [0.1, 0.15) is 6.10 Å². The smallest absolute Gasteiger partial charge is 0.309 e. The molecule has 2 rings (SSSR count). The van der Waals surface area contributed by atoms with Crippen LogP contribution in [0.4, 0.5) is 0 Å². The summed E-state index contributed by atoms with van der Waals surface area (Å²) in [5.74, 6) is -0.355. The van der Waals surface area contributed by atoms with E-state index >= 15 is 0 Å². The van der Waals surface area contributed by atoms with Crippen LogP contribution in [0.3, 0.4) is 0 Å². The molecule has 0 aliphatic heterocycles. The number of methoxy groups -OCH3 is 1. The van der Waals surface area contributed by atoms with Crippen molar-refractivity contribution in [3.8, 4) is 6.07 Å². The normalized spacial score (nSPS) is 17.3. The summed E-state index contributed by atoms with van der Waals surface area (Å²) in [5.41, 5.74) is 3.51. The third-order valence-corrected chi connectivity index (χ3v) is 3.24. The summed E-state index contributed by atoms with van der Waals surface area (Å²) in [6.45, 7) is 1.79. The van der Waals surface area contributed by atoms with Crippen LogP contribution >= 0.6 is 0 Å². The molecule has 0 saturated carbocycles. The van der Waals surface area contributed by atoms with E-state index in [1.54, 1.807) is 25.1 Å². The number of nitriles is 1. The molecule has 1 unspecified atom stereocenters. The first-order chi connectivity index (χ1) is 8.58. The van der Waals surface area contributed by atoms with Crippen LogP contribution in [-0.4, -0.2) is 18.2 Å². The zero-order valence-electron chi connectivity index (χ0n) is 10.2. The second-order valence-electron chi connectivity index (χ2n) is 4.23. The van der Waals surface area contributed by atoms with Gasteiger partial charge in [-0.2, -0.15) is 5.26 Å². The molecule has 0 aromatic heterocycles. The first kappa shape index (κ1) is 12.3. The average Bonchev–Trinajstić information content (AvgIpc) is 2.63. The van der Waals surface area contributed by atoms with Crippen LogP contribution in [-0.2, 0) is 9.53 Å². The molecule has 1 atom stereocenters. The lowest BCUT2D eigenvalue weighted by molar-refractivity contribution is -0.139. The number of hydrogen-bond acceptors (Lipinski definition) is 4. The highest BCUT2D eigenvalue weighted by Crippen LogP contribution is 2.42.